The number of carbonyl (C=O) groups is 1. The summed E-state index contributed by atoms with van der Waals surface area (Å²) in [6.07, 6.45) is -1.37. The maximum Gasteiger partial charge on any atom is 0.303 e. The van der Waals surface area contributed by atoms with Gasteiger partial charge in [-0.1, -0.05) is 0 Å². The fourth-order valence-corrected chi connectivity index (χ4v) is 5.93. The first-order valence-electron chi connectivity index (χ1n) is 10.0. The van der Waals surface area contributed by atoms with E-state index >= 15 is 0 Å². The molecule has 0 spiro atoms. The van der Waals surface area contributed by atoms with Gasteiger partial charge in [0.25, 0.3) is 7.64 Å². The molecule has 1 fully saturated rings. The summed E-state index contributed by atoms with van der Waals surface area (Å²) in [5.74, 6) is -1.14. The number of aliphatic hydroxyl groups excluding tert-OH is 2. The first-order valence-corrected chi connectivity index (χ1v) is 16.1. The van der Waals surface area contributed by atoms with Gasteiger partial charge in [0.15, 0.2) is 6.35 Å². The fourth-order valence-electron chi connectivity index (χ4n) is 2.98. The number of aliphatic hydroxyl groups is 2. The molecule has 3 unspecified atom stereocenters. The van der Waals surface area contributed by atoms with Gasteiger partial charge in [-0.05, 0) is 5.23 Å². The van der Waals surface area contributed by atoms with E-state index < -0.39 is 41.9 Å². The highest BCUT2D eigenvalue weighted by atomic mass is 31.2. The van der Waals surface area contributed by atoms with Crippen molar-refractivity contribution < 1.29 is 44.3 Å². The summed E-state index contributed by atoms with van der Waals surface area (Å²) in [6, 6.07) is 0. The molecular formula is C15H37N5O9P3+. The molecular weight excluding hydrogens is 487 g/mol. The van der Waals surface area contributed by atoms with Crippen LogP contribution in [0.2, 0.25) is 0 Å². The number of carboxylic acid groups (broad SMARTS) is 1. The molecule has 0 radical (unpaired) electrons. The summed E-state index contributed by atoms with van der Waals surface area (Å²) >= 11 is 0. The molecule has 1 aliphatic rings. The number of nitrogens with zero attached hydrogens (tertiary/aromatic N) is 4. The molecule has 1 saturated heterocycles. The van der Waals surface area contributed by atoms with Crippen LogP contribution in [0, 0.1) is 0 Å². The predicted octanol–water partition coefficient (Wildman–Crippen LogP) is -1.13. The van der Waals surface area contributed by atoms with E-state index in [4.69, 9.17) is 15.2 Å². The predicted molar refractivity (Wildman–Crippen MR) is 121 cm³/mol. The van der Waals surface area contributed by atoms with E-state index in [2.05, 4.69) is 0 Å². The van der Waals surface area contributed by atoms with Crippen molar-refractivity contribution in [2.45, 2.75) is 6.42 Å². The topological polar surface area (TPSA) is 204 Å². The molecule has 17 heteroatoms. The number of nitrogens with two attached hydrogens (primary N) is 1. The number of hydroxylamine groups is 2. The van der Waals surface area contributed by atoms with E-state index in [-0.39, 0.29) is 31.8 Å². The van der Waals surface area contributed by atoms with Gasteiger partial charge in [-0.25, -0.2) is 0 Å². The molecule has 3 atom stereocenters. The second-order valence-electron chi connectivity index (χ2n) is 7.89. The molecule has 0 amide bonds. The standard InChI is InChI=1S/C15H36N5O9P3/c1-31(16,14-22)29-20(25)10-17-3-5-18(11-30(26)13-21)6-8-19(7-4-17)12-32(27,28)9-2-15(23)24/h21-22,25-26H,2-14,16H2,1H3,(H-,23,24,27,28)/p+1. The van der Waals surface area contributed by atoms with Crippen LogP contribution < -0.4 is 5.50 Å². The lowest BCUT2D eigenvalue weighted by molar-refractivity contribution is -0.299. The van der Waals surface area contributed by atoms with Gasteiger partial charge in [0.1, 0.15) is 6.67 Å². The number of carboxylic acids is 1. The zero-order valence-electron chi connectivity index (χ0n) is 18.3. The molecule has 0 saturated carbocycles. The van der Waals surface area contributed by atoms with Crippen molar-refractivity contribution in [3.63, 3.8) is 0 Å². The SMILES string of the molecule is C[P+](N)(CO)ON(O)CN1CCN(CP(O)CO)CCN(CP(=O)(O)CCC(=O)O)CC1. The average molecular weight is 524 g/mol. The molecule has 14 nitrogen and oxygen atoms in total. The van der Waals surface area contributed by atoms with Crippen LogP contribution in [0.3, 0.4) is 0 Å². The number of hydrogen-bond acceptors (Lipinski definition) is 12. The Kier molecular flexibility index (Phi) is 13.7. The summed E-state index contributed by atoms with van der Waals surface area (Å²) in [7, 11) is -7.94. The van der Waals surface area contributed by atoms with Crippen LogP contribution in [0.15, 0.2) is 0 Å². The second kappa shape index (κ2) is 14.5. The molecule has 32 heavy (non-hydrogen) atoms. The van der Waals surface area contributed by atoms with Crippen LogP contribution in [-0.2, 0) is 14.0 Å². The van der Waals surface area contributed by atoms with Gasteiger partial charge in [0.2, 0.25) is 7.37 Å². The molecule has 1 rings (SSSR count). The maximum atomic E-state index is 12.5. The molecule has 190 valence electrons. The molecule has 0 aromatic carbocycles. The minimum Gasteiger partial charge on any atom is -0.481 e. The fraction of sp³-hybridized carbons (Fsp3) is 0.933. The number of aliphatic carboxylic acids is 1. The Hall–Kier alpha value is 0.120. The van der Waals surface area contributed by atoms with Gasteiger partial charge in [0.05, 0.1) is 33.9 Å². The zero-order chi connectivity index (χ0) is 24.4. The molecule has 1 heterocycles. The van der Waals surface area contributed by atoms with E-state index in [9.17, 15) is 34.6 Å². The van der Waals surface area contributed by atoms with E-state index in [1.54, 1.807) is 4.90 Å². The Morgan fingerprint density at radius 3 is 2.19 bits per heavy atom. The molecule has 0 aromatic rings. The Bertz CT molecular complexity index is 621. The van der Waals surface area contributed by atoms with Crippen LogP contribution in [0.4, 0.5) is 0 Å². The summed E-state index contributed by atoms with van der Waals surface area (Å²) < 4.78 is 17.7. The first-order chi connectivity index (χ1) is 14.9. The van der Waals surface area contributed by atoms with Gasteiger partial charge < -0.3 is 25.1 Å². The second-order valence-corrected chi connectivity index (χ2v) is 14.7. The number of hydrogen-bond donors (Lipinski definition) is 7. The zero-order valence-corrected chi connectivity index (χ0v) is 21.0. The van der Waals surface area contributed by atoms with Crippen LogP contribution in [0.1, 0.15) is 6.42 Å². The summed E-state index contributed by atoms with van der Waals surface area (Å²) in [6.45, 7) is 4.09. The minimum atomic E-state index is -3.70. The highest BCUT2D eigenvalue weighted by molar-refractivity contribution is 7.67. The highest BCUT2D eigenvalue weighted by Crippen LogP contribution is 2.46. The molecule has 0 aromatic heterocycles. The third-order valence-electron chi connectivity index (χ3n) is 4.70. The van der Waals surface area contributed by atoms with E-state index in [1.165, 1.54) is 6.66 Å². The largest absolute Gasteiger partial charge is 0.481 e. The number of rotatable bonds is 13. The average Bonchev–Trinajstić information content (AvgIpc) is 2.78. The van der Waals surface area contributed by atoms with Crippen molar-refractivity contribution in [2.24, 2.45) is 5.50 Å². The smallest absolute Gasteiger partial charge is 0.303 e. The van der Waals surface area contributed by atoms with Crippen LogP contribution >= 0.6 is 23.2 Å². The Morgan fingerprint density at radius 1 is 1.16 bits per heavy atom. The van der Waals surface area contributed by atoms with Crippen LogP contribution in [0.25, 0.3) is 0 Å². The van der Waals surface area contributed by atoms with Crippen molar-refractivity contribution >= 4 is 29.1 Å². The summed E-state index contributed by atoms with van der Waals surface area (Å²) in [5, 5.41) is 37.9. The van der Waals surface area contributed by atoms with Crippen molar-refractivity contribution in [2.75, 3.05) is 84.0 Å². The van der Waals surface area contributed by atoms with Crippen molar-refractivity contribution in [3.05, 3.63) is 0 Å². The Balaban J connectivity index is 2.84. The highest BCUT2D eigenvalue weighted by Gasteiger charge is 2.32. The van der Waals surface area contributed by atoms with E-state index in [1.807, 2.05) is 9.80 Å². The van der Waals surface area contributed by atoms with Gasteiger partial charge >= 0.3 is 5.97 Å². The Morgan fingerprint density at radius 2 is 1.69 bits per heavy atom. The lowest BCUT2D eigenvalue weighted by Crippen LogP contribution is -2.42. The van der Waals surface area contributed by atoms with Crippen LogP contribution in [-0.4, -0.2) is 140 Å². The summed E-state index contributed by atoms with van der Waals surface area (Å²) in [5.41, 5.74) is 5.79. The van der Waals surface area contributed by atoms with Crippen molar-refractivity contribution in [1.29, 1.82) is 0 Å². The Labute approximate surface area is 189 Å². The minimum absolute atomic E-state index is 0.0574. The van der Waals surface area contributed by atoms with E-state index in [0.29, 0.717) is 44.5 Å². The lowest BCUT2D eigenvalue weighted by Gasteiger charge is -2.29. The first kappa shape index (κ1) is 30.2. The van der Waals surface area contributed by atoms with Crippen molar-refractivity contribution in [1.82, 2.24) is 19.9 Å². The third-order valence-corrected chi connectivity index (χ3v) is 8.64. The van der Waals surface area contributed by atoms with Gasteiger partial charge in [-0.15, -0.1) is 4.62 Å². The molecule has 0 aliphatic carbocycles. The third kappa shape index (κ3) is 13.1. The lowest BCUT2D eigenvalue weighted by atomic mass is 10.4. The van der Waals surface area contributed by atoms with Gasteiger partial charge in [0, 0.05) is 51.7 Å². The normalized spacial score (nSPS) is 22.5. The molecule has 0 bridgehead atoms. The van der Waals surface area contributed by atoms with Crippen molar-refractivity contribution in [3.8, 4) is 0 Å². The maximum absolute atomic E-state index is 12.5. The molecule has 1 aliphatic heterocycles. The van der Waals surface area contributed by atoms with Gasteiger partial charge in [-0.2, -0.15) is 5.50 Å². The quantitative estimate of drug-likeness (QED) is 0.113. The van der Waals surface area contributed by atoms with Gasteiger partial charge in [-0.3, -0.25) is 29.3 Å². The monoisotopic (exact) mass is 524 g/mol. The van der Waals surface area contributed by atoms with E-state index in [0.717, 1.165) is 0 Å². The summed E-state index contributed by atoms with van der Waals surface area (Å²) in [4.78, 5) is 36.4. The van der Waals surface area contributed by atoms with Crippen LogP contribution in [0.5, 0.6) is 0 Å². The molecule has 8 N–H and O–H groups in total.